The van der Waals surface area contributed by atoms with Gasteiger partial charge in [-0.15, -0.1) is 0 Å². The molecule has 0 radical (unpaired) electrons. The van der Waals surface area contributed by atoms with Gasteiger partial charge in [0.05, 0.1) is 12.2 Å². The first-order valence-electron chi connectivity index (χ1n) is 6.47. The Morgan fingerprint density at radius 2 is 2.05 bits per heavy atom. The molecule has 0 amide bonds. The van der Waals surface area contributed by atoms with Gasteiger partial charge in [-0.2, -0.15) is 0 Å². The summed E-state index contributed by atoms with van der Waals surface area (Å²) >= 11 is 0. The molecule has 6 heteroatoms. The lowest BCUT2D eigenvalue weighted by Gasteiger charge is -2.11. The highest BCUT2D eigenvalue weighted by Crippen LogP contribution is 2.18. The molecule has 0 atom stereocenters. The lowest BCUT2D eigenvalue weighted by molar-refractivity contribution is 0.690. The summed E-state index contributed by atoms with van der Waals surface area (Å²) in [4.78, 5) is 30.0. The van der Waals surface area contributed by atoms with Gasteiger partial charge in [0, 0.05) is 23.6 Å². The highest BCUT2D eigenvalue weighted by Gasteiger charge is 2.09. The van der Waals surface area contributed by atoms with Gasteiger partial charge in [-0.1, -0.05) is 6.92 Å². The Balaban J connectivity index is 2.48. The summed E-state index contributed by atoms with van der Waals surface area (Å²) in [5.41, 5.74) is 8.96. The first-order chi connectivity index (χ1) is 9.43. The molecule has 2 heterocycles. The molecule has 2 rings (SSSR count). The molecule has 0 saturated carbocycles. The SMILES string of the molecule is CCc1cn(Cc2ncc(C)c(N)c2C)c(=O)[nH]c1=O. The van der Waals surface area contributed by atoms with Crippen LogP contribution >= 0.6 is 0 Å². The summed E-state index contributed by atoms with van der Waals surface area (Å²) < 4.78 is 1.45. The van der Waals surface area contributed by atoms with E-state index in [2.05, 4.69) is 9.97 Å². The highest BCUT2D eigenvalue weighted by atomic mass is 16.2. The molecule has 2 aromatic rings. The van der Waals surface area contributed by atoms with Crippen molar-refractivity contribution in [2.24, 2.45) is 0 Å². The molecule has 0 aliphatic carbocycles. The number of H-pyrrole nitrogens is 1. The molecule has 3 N–H and O–H groups in total. The molecular formula is C14H18N4O2. The third-order valence-electron chi connectivity index (χ3n) is 3.46. The maximum absolute atomic E-state index is 11.8. The number of nitrogens with one attached hydrogen (secondary N) is 1. The molecule has 0 saturated heterocycles. The predicted molar refractivity (Wildman–Crippen MR) is 77.9 cm³/mol. The Morgan fingerprint density at radius 1 is 1.35 bits per heavy atom. The van der Waals surface area contributed by atoms with Crippen LogP contribution in [0.3, 0.4) is 0 Å². The fourth-order valence-electron chi connectivity index (χ4n) is 2.04. The molecule has 20 heavy (non-hydrogen) atoms. The van der Waals surface area contributed by atoms with Crippen LogP contribution in [0.15, 0.2) is 22.0 Å². The Bertz CT molecular complexity index is 759. The van der Waals surface area contributed by atoms with Gasteiger partial charge >= 0.3 is 5.69 Å². The van der Waals surface area contributed by atoms with Crippen LogP contribution in [0.2, 0.25) is 0 Å². The van der Waals surface area contributed by atoms with E-state index in [9.17, 15) is 9.59 Å². The topological polar surface area (TPSA) is 93.8 Å². The van der Waals surface area contributed by atoms with E-state index < -0.39 is 5.69 Å². The van der Waals surface area contributed by atoms with Crippen LogP contribution in [-0.4, -0.2) is 14.5 Å². The summed E-state index contributed by atoms with van der Waals surface area (Å²) in [7, 11) is 0. The van der Waals surface area contributed by atoms with Crippen LogP contribution in [0.1, 0.15) is 29.3 Å². The standard InChI is InChI=1S/C14H18N4O2/c1-4-10-6-18(14(20)17-13(10)19)7-11-9(3)12(15)8(2)5-16-11/h5-6H,4,7H2,1-3H3,(H2,15,16)(H,17,19,20). The normalized spacial score (nSPS) is 10.8. The third-order valence-corrected chi connectivity index (χ3v) is 3.46. The van der Waals surface area contributed by atoms with Gasteiger partial charge < -0.3 is 5.73 Å². The van der Waals surface area contributed by atoms with Crippen LogP contribution in [0.5, 0.6) is 0 Å². The van der Waals surface area contributed by atoms with Crippen molar-refractivity contribution in [1.82, 2.24) is 14.5 Å². The largest absolute Gasteiger partial charge is 0.398 e. The van der Waals surface area contributed by atoms with Crippen molar-refractivity contribution in [2.45, 2.75) is 33.7 Å². The number of nitrogen functional groups attached to an aromatic ring is 1. The second-order valence-electron chi connectivity index (χ2n) is 4.82. The van der Waals surface area contributed by atoms with Crippen molar-refractivity contribution in [3.8, 4) is 0 Å². The smallest absolute Gasteiger partial charge is 0.328 e. The molecule has 0 aliphatic rings. The molecule has 0 aromatic carbocycles. The van der Waals surface area contributed by atoms with Crippen molar-refractivity contribution in [1.29, 1.82) is 0 Å². The van der Waals surface area contributed by atoms with Crippen LogP contribution in [-0.2, 0) is 13.0 Å². The van der Waals surface area contributed by atoms with Gasteiger partial charge in [-0.25, -0.2) is 4.79 Å². The van der Waals surface area contributed by atoms with Crippen molar-refractivity contribution < 1.29 is 0 Å². The van der Waals surface area contributed by atoms with E-state index in [4.69, 9.17) is 5.73 Å². The van der Waals surface area contributed by atoms with Crippen molar-refractivity contribution >= 4 is 5.69 Å². The van der Waals surface area contributed by atoms with E-state index in [1.165, 1.54) is 4.57 Å². The predicted octanol–water partition coefficient (Wildman–Crippen LogP) is 0.741. The number of pyridine rings is 1. The lowest BCUT2D eigenvalue weighted by Crippen LogP contribution is -2.32. The van der Waals surface area contributed by atoms with Crippen LogP contribution in [0, 0.1) is 13.8 Å². The van der Waals surface area contributed by atoms with Crippen LogP contribution in [0.4, 0.5) is 5.69 Å². The van der Waals surface area contributed by atoms with Crippen molar-refractivity contribution in [3.63, 3.8) is 0 Å². The minimum Gasteiger partial charge on any atom is -0.398 e. The number of nitrogens with two attached hydrogens (primary N) is 1. The van der Waals surface area contributed by atoms with Crippen molar-refractivity contribution in [2.75, 3.05) is 5.73 Å². The summed E-state index contributed by atoms with van der Waals surface area (Å²) in [6.07, 6.45) is 3.84. The Hall–Kier alpha value is -2.37. The molecule has 0 unspecified atom stereocenters. The number of hydrogen-bond acceptors (Lipinski definition) is 4. The molecule has 0 spiro atoms. The van der Waals surface area contributed by atoms with E-state index in [1.807, 2.05) is 20.8 Å². The molecule has 0 bridgehead atoms. The van der Waals surface area contributed by atoms with Gasteiger partial charge in [-0.3, -0.25) is 19.3 Å². The quantitative estimate of drug-likeness (QED) is 0.863. The zero-order chi connectivity index (χ0) is 14.9. The molecule has 0 aliphatic heterocycles. The Morgan fingerprint density at radius 3 is 2.70 bits per heavy atom. The van der Waals surface area contributed by atoms with Gasteiger partial charge in [0.25, 0.3) is 5.56 Å². The monoisotopic (exact) mass is 274 g/mol. The highest BCUT2D eigenvalue weighted by molar-refractivity contribution is 5.53. The lowest BCUT2D eigenvalue weighted by atomic mass is 10.1. The summed E-state index contributed by atoms with van der Waals surface area (Å²) in [5.74, 6) is 0. The van der Waals surface area contributed by atoms with Gasteiger partial charge in [-0.05, 0) is 31.4 Å². The first-order valence-corrected chi connectivity index (χ1v) is 6.47. The van der Waals surface area contributed by atoms with E-state index >= 15 is 0 Å². The Labute approximate surface area is 116 Å². The van der Waals surface area contributed by atoms with E-state index in [-0.39, 0.29) is 5.56 Å². The second-order valence-corrected chi connectivity index (χ2v) is 4.82. The molecular weight excluding hydrogens is 256 g/mol. The minimum atomic E-state index is -0.437. The zero-order valence-corrected chi connectivity index (χ0v) is 11.9. The van der Waals surface area contributed by atoms with E-state index in [0.717, 1.165) is 16.8 Å². The maximum atomic E-state index is 11.8. The molecule has 106 valence electrons. The van der Waals surface area contributed by atoms with Gasteiger partial charge in [0.1, 0.15) is 0 Å². The van der Waals surface area contributed by atoms with E-state index in [0.29, 0.717) is 24.2 Å². The van der Waals surface area contributed by atoms with E-state index in [1.54, 1.807) is 12.4 Å². The number of anilines is 1. The van der Waals surface area contributed by atoms with Gasteiger partial charge in [0.2, 0.25) is 0 Å². The van der Waals surface area contributed by atoms with Gasteiger partial charge in [0.15, 0.2) is 0 Å². The number of aromatic nitrogens is 3. The first kappa shape index (κ1) is 14.0. The number of aryl methyl sites for hydroxylation is 2. The average molecular weight is 274 g/mol. The third kappa shape index (κ3) is 2.49. The Kier molecular flexibility index (Phi) is 3.74. The fourth-order valence-corrected chi connectivity index (χ4v) is 2.04. The minimum absolute atomic E-state index is 0.291. The molecule has 6 nitrogen and oxygen atoms in total. The zero-order valence-electron chi connectivity index (χ0n) is 11.9. The van der Waals surface area contributed by atoms with Crippen LogP contribution < -0.4 is 17.0 Å². The number of rotatable bonds is 3. The number of aromatic amines is 1. The maximum Gasteiger partial charge on any atom is 0.328 e. The summed E-state index contributed by atoms with van der Waals surface area (Å²) in [6.45, 7) is 5.92. The number of hydrogen-bond donors (Lipinski definition) is 2. The molecule has 0 fully saturated rings. The fraction of sp³-hybridized carbons (Fsp3) is 0.357. The second kappa shape index (κ2) is 5.32. The summed E-state index contributed by atoms with van der Waals surface area (Å²) in [6, 6.07) is 0. The summed E-state index contributed by atoms with van der Waals surface area (Å²) in [5, 5.41) is 0. The average Bonchev–Trinajstić information content (AvgIpc) is 2.42. The molecule has 2 aromatic heterocycles. The number of nitrogens with zero attached hydrogens (tertiary/aromatic N) is 2. The van der Waals surface area contributed by atoms with Crippen LogP contribution in [0.25, 0.3) is 0 Å². The van der Waals surface area contributed by atoms with Crippen molar-refractivity contribution in [3.05, 3.63) is 55.6 Å².